The molecule has 1 N–H and O–H groups in total. The van der Waals surface area contributed by atoms with Crippen molar-refractivity contribution in [2.45, 2.75) is 56.9 Å². The van der Waals surface area contributed by atoms with Gasteiger partial charge in [-0.15, -0.1) is 0 Å². The van der Waals surface area contributed by atoms with Crippen molar-refractivity contribution >= 4 is 0 Å². The molecule has 3 fully saturated rings. The Morgan fingerprint density at radius 1 is 0.810 bits per heavy atom. The molecule has 2 atom stereocenters. The van der Waals surface area contributed by atoms with Crippen LogP contribution in [-0.2, 0) is 0 Å². The second-order valence-electron chi connectivity index (χ2n) is 6.70. The van der Waals surface area contributed by atoms with Crippen LogP contribution in [0.2, 0.25) is 0 Å². The largest absolute Gasteiger partial charge is 0.394 e. The minimum Gasteiger partial charge on any atom is -0.301 e. The summed E-state index contributed by atoms with van der Waals surface area (Å²) >= 11 is 0. The smallest absolute Gasteiger partial charge is 0.301 e. The van der Waals surface area contributed by atoms with Gasteiger partial charge in [-0.05, 0) is 32.2 Å². The molecule has 3 nitrogen and oxygen atoms in total. The molecule has 21 heavy (non-hydrogen) atoms. The zero-order chi connectivity index (χ0) is 14.9. The van der Waals surface area contributed by atoms with Crippen molar-refractivity contribution in [3.8, 4) is 0 Å². The van der Waals surface area contributed by atoms with Gasteiger partial charge < -0.3 is 5.32 Å². The SMILES string of the molecule is FC(F)(F)C1CCCNC1N1CCN(C2CCCC2)CC1. The summed E-state index contributed by atoms with van der Waals surface area (Å²) < 4.78 is 39.6. The summed E-state index contributed by atoms with van der Waals surface area (Å²) in [5.41, 5.74) is 0. The van der Waals surface area contributed by atoms with E-state index >= 15 is 0 Å². The van der Waals surface area contributed by atoms with E-state index in [1.165, 1.54) is 25.7 Å². The van der Waals surface area contributed by atoms with E-state index in [4.69, 9.17) is 0 Å². The fraction of sp³-hybridized carbons (Fsp3) is 1.00. The number of hydrogen-bond donors (Lipinski definition) is 1. The van der Waals surface area contributed by atoms with E-state index in [-0.39, 0.29) is 6.42 Å². The standard InChI is InChI=1S/C15H26F3N3/c16-15(17,18)13-6-3-7-19-14(13)21-10-8-20(9-11-21)12-4-1-2-5-12/h12-14,19H,1-11H2. The van der Waals surface area contributed by atoms with Gasteiger partial charge in [0.25, 0.3) is 0 Å². The number of nitrogens with zero attached hydrogens (tertiary/aromatic N) is 2. The second kappa shape index (κ2) is 6.42. The third kappa shape index (κ3) is 3.54. The maximum Gasteiger partial charge on any atom is 0.394 e. The molecule has 0 aromatic rings. The number of hydrogen-bond acceptors (Lipinski definition) is 3. The first-order valence-electron chi connectivity index (χ1n) is 8.34. The van der Waals surface area contributed by atoms with Crippen LogP contribution in [0.1, 0.15) is 38.5 Å². The Hall–Kier alpha value is -0.330. The molecule has 2 heterocycles. The summed E-state index contributed by atoms with van der Waals surface area (Å²) in [6.07, 6.45) is 1.47. The first-order chi connectivity index (χ1) is 10.1. The quantitative estimate of drug-likeness (QED) is 0.845. The maximum atomic E-state index is 13.2. The van der Waals surface area contributed by atoms with Crippen LogP contribution in [0.15, 0.2) is 0 Å². The molecule has 0 aromatic carbocycles. The van der Waals surface area contributed by atoms with E-state index in [0.29, 0.717) is 19.0 Å². The van der Waals surface area contributed by atoms with Gasteiger partial charge in [0, 0.05) is 32.2 Å². The van der Waals surface area contributed by atoms with Crippen LogP contribution in [0.3, 0.4) is 0 Å². The lowest BCUT2D eigenvalue weighted by molar-refractivity contribution is -0.204. The highest BCUT2D eigenvalue weighted by atomic mass is 19.4. The zero-order valence-electron chi connectivity index (χ0n) is 12.5. The van der Waals surface area contributed by atoms with Crippen molar-refractivity contribution in [2.24, 2.45) is 5.92 Å². The van der Waals surface area contributed by atoms with E-state index in [2.05, 4.69) is 10.2 Å². The molecule has 0 radical (unpaired) electrons. The van der Waals surface area contributed by atoms with Crippen molar-refractivity contribution in [1.82, 2.24) is 15.1 Å². The van der Waals surface area contributed by atoms with E-state index in [1.54, 1.807) is 0 Å². The first-order valence-corrected chi connectivity index (χ1v) is 8.34. The fourth-order valence-electron chi connectivity index (χ4n) is 4.25. The number of halogens is 3. The Morgan fingerprint density at radius 2 is 1.43 bits per heavy atom. The highest BCUT2D eigenvalue weighted by Gasteiger charge is 2.48. The number of nitrogens with one attached hydrogen (secondary N) is 1. The van der Waals surface area contributed by atoms with Gasteiger partial charge in [-0.25, -0.2) is 0 Å². The first kappa shape index (κ1) is 15.6. The normalized spacial score (nSPS) is 34.4. The molecule has 6 heteroatoms. The molecule has 0 amide bonds. The van der Waals surface area contributed by atoms with Crippen molar-refractivity contribution < 1.29 is 13.2 Å². The van der Waals surface area contributed by atoms with E-state index in [9.17, 15) is 13.2 Å². The Morgan fingerprint density at radius 3 is 2.05 bits per heavy atom. The summed E-state index contributed by atoms with van der Waals surface area (Å²) in [7, 11) is 0. The molecular weight excluding hydrogens is 279 g/mol. The summed E-state index contributed by atoms with van der Waals surface area (Å²) in [6.45, 7) is 4.09. The van der Waals surface area contributed by atoms with Gasteiger partial charge in [0.1, 0.15) is 0 Å². The van der Waals surface area contributed by atoms with Crippen LogP contribution in [0.4, 0.5) is 13.2 Å². The molecule has 0 spiro atoms. The average Bonchev–Trinajstić information content (AvgIpc) is 3.01. The van der Waals surface area contributed by atoms with Gasteiger partial charge in [-0.2, -0.15) is 13.2 Å². The molecule has 1 saturated carbocycles. The van der Waals surface area contributed by atoms with Gasteiger partial charge in [0.2, 0.25) is 0 Å². The van der Waals surface area contributed by atoms with Gasteiger partial charge >= 0.3 is 6.18 Å². The lowest BCUT2D eigenvalue weighted by Crippen LogP contribution is -2.62. The highest BCUT2D eigenvalue weighted by Crippen LogP contribution is 2.36. The number of piperidine rings is 1. The van der Waals surface area contributed by atoms with Crippen molar-refractivity contribution in [3.63, 3.8) is 0 Å². The Balaban J connectivity index is 1.57. The lowest BCUT2D eigenvalue weighted by Gasteiger charge is -2.46. The zero-order valence-corrected chi connectivity index (χ0v) is 12.5. The van der Waals surface area contributed by atoms with Crippen LogP contribution in [0.5, 0.6) is 0 Å². The molecule has 0 aromatic heterocycles. The van der Waals surface area contributed by atoms with Crippen LogP contribution in [-0.4, -0.2) is 60.9 Å². The van der Waals surface area contributed by atoms with E-state index in [0.717, 1.165) is 26.2 Å². The summed E-state index contributed by atoms with van der Waals surface area (Å²) in [4.78, 5) is 4.53. The molecular formula is C15H26F3N3. The van der Waals surface area contributed by atoms with Gasteiger partial charge in [0.05, 0.1) is 12.1 Å². The van der Waals surface area contributed by atoms with Crippen LogP contribution >= 0.6 is 0 Å². The Labute approximate surface area is 124 Å². The summed E-state index contributed by atoms with van der Waals surface area (Å²) in [6, 6.07) is 0.685. The predicted molar refractivity (Wildman–Crippen MR) is 76.0 cm³/mol. The number of alkyl halides is 3. The molecule has 2 unspecified atom stereocenters. The minimum atomic E-state index is -4.08. The molecule has 2 saturated heterocycles. The van der Waals surface area contributed by atoms with Crippen LogP contribution < -0.4 is 5.32 Å². The molecule has 3 aliphatic rings. The molecule has 2 aliphatic heterocycles. The Kier molecular flexibility index (Phi) is 4.76. The molecule has 1 aliphatic carbocycles. The van der Waals surface area contributed by atoms with E-state index < -0.39 is 18.3 Å². The van der Waals surface area contributed by atoms with Crippen molar-refractivity contribution in [1.29, 1.82) is 0 Å². The van der Waals surface area contributed by atoms with Crippen LogP contribution in [0, 0.1) is 5.92 Å². The highest BCUT2D eigenvalue weighted by molar-refractivity contribution is 4.90. The number of rotatable bonds is 2. The third-order valence-electron chi connectivity index (χ3n) is 5.43. The average molecular weight is 305 g/mol. The summed E-state index contributed by atoms with van der Waals surface area (Å²) in [5, 5.41) is 3.12. The third-order valence-corrected chi connectivity index (χ3v) is 5.43. The van der Waals surface area contributed by atoms with E-state index in [1.807, 2.05) is 4.90 Å². The molecule has 3 rings (SSSR count). The minimum absolute atomic E-state index is 0.268. The monoisotopic (exact) mass is 305 g/mol. The lowest BCUT2D eigenvalue weighted by atomic mass is 9.93. The topological polar surface area (TPSA) is 18.5 Å². The van der Waals surface area contributed by atoms with Gasteiger partial charge in [-0.1, -0.05) is 12.8 Å². The van der Waals surface area contributed by atoms with Crippen LogP contribution in [0.25, 0.3) is 0 Å². The van der Waals surface area contributed by atoms with Crippen molar-refractivity contribution in [2.75, 3.05) is 32.7 Å². The fourth-order valence-corrected chi connectivity index (χ4v) is 4.25. The maximum absolute atomic E-state index is 13.2. The summed E-state index contributed by atoms with van der Waals surface area (Å²) in [5.74, 6) is -1.20. The predicted octanol–water partition coefficient (Wildman–Crippen LogP) is 2.43. The molecule has 0 bridgehead atoms. The Bertz CT molecular complexity index is 334. The van der Waals surface area contributed by atoms with Gasteiger partial charge in [0.15, 0.2) is 0 Å². The molecule has 122 valence electrons. The van der Waals surface area contributed by atoms with Crippen molar-refractivity contribution in [3.05, 3.63) is 0 Å². The second-order valence-corrected chi connectivity index (χ2v) is 6.70. The van der Waals surface area contributed by atoms with Gasteiger partial charge in [-0.3, -0.25) is 9.80 Å². The number of piperazine rings is 1.